The predicted octanol–water partition coefficient (Wildman–Crippen LogP) is 1.74. The molecule has 1 aromatic carbocycles. The van der Waals surface area contributed by atoms with Crippen molar-refractivity contribution < 1.29 is 8.42 Å². The Bertz CT molecular complexity index is 620. The number of primary sulfonamides is 1. The highest BCUT2D eigenvalue weighted by molar-refractivity contribution is 7.89. The van der Waals surface area contributed by atoms with Crippen LogP contribution in [0.5, 0.6) is 0 Å². The minimum Gasteiger partial charge on any atom is -0.319 e. The van der Waals surface area contributed by atoms with Gasteiger partial charge in [-0.05, 0) is 50.2 Å². The average molecular weight is 250 g/mol. The number of benzene rings is 1. The van der Waals surface area contributed by atoms with Crippen LogP contribution < -0.4 is 5.14 Å². The molecule has 2 aromatic rings. The van der Waals surface area contributed by atoms with Crippen LogP contribution in [0, 0.1) is 13.8 Å². The highest BCUT2D eigenvalue weighted by Crippen LogP contribution is 2.17. The fourth-order valence-electron chi connectivity index (χ4n) is 1.86. The van der Waals surface area contributed by atoms with Gasteiger partial charge in [0.05, 0.1) is 4.90 Å². The third-order valence-corrected chi connectivity index (χ3v) is 3.62. The molecule has 1 heterocycles. The lowest BCUT2D eigenvalue weighted by Crippen LogP contribution is -2.12. The van der Waals surface area contributed by atoms with Crippen LogP contribution >= 0.6 is 0 Å². The number of nitrogens with two attached hydrogens (primary N) is 1. The van der Waals surface area contributed by atoms with Gasteiger partial charge < -0.3 is 4.57 Å². The van der Waals surface area contributed by atoms with E-state index in [4.69, 9.17) is 5.14 Å². The van der Waals surface area contributed by atoms with E-state index in [0.29, 0.717) is 0 Å². The number of aromatic nitrogens is 1. The first kappa shape index (κ1) is 11.9. The second-order valence-corrected chi connectivity index (χ2v) is 5.55. The van der Waals surface area contributed by atoms with Crippen molar-refractivity contribution in [2.24, 2.45) is 5.14 Å². The summed E-state index contributed by atoms with van der Waals surface area (Å²) in [4.78, 5) is 0.128. The van der Waals surface area contributed by atoms with E-state index < -0.39 is 10.0 Å². The second-order valence-electron chi connectivity index (χ2n) is 3.99. The van der Waals surface area contributed by atoms with Crippen LogP contribution in [0.1, 0.15) is 11.4 Å². The number of sulfonamides is 1. The molecule has 17 heavy (non-hydrogen) atoms. The maximum atomic E-state index is 11.1. The summed E-state index contributed by atoms with van der Waals surface area (Å²) in [7, 11) is -3.62. The lowest BCUT2D eigenvalue weighted by Gasteiger charge is -2.09. The van der Waals surface area contributed by atoms with Crippen LogP contribution in [0.15, 0.2) is 41.3 Å². The summed E-state index contributed by atoms with van der Waals surface area (Å²) in [5, 5.41) is 5.05. The minimum absolute atomic E-state index is 0.128. The van der Waals surface area contributed by atoms with E-state index in [1.54, 1.807) is 12.1 Å². The van der Waals surface area contributed by atoms with Crippen molar-refractivity contribution in [1.82, 2.24) is 4.57 Å². The van der Waals surface area contributed by atoms with Crippen molar-refractivity contribution in [1.29, 1.82) is 0 Å². The summed E-state index contributed by atoms with van der Waals surface area (Å²) in [5.41, 5.74) is 3.13. The first-order chi connectivity index (χ1) is 7.89. The van der Waals surface area contributed by atoms with E-state index in [2.05, 4.69) is 0 Å². The molecule has 0 fully saturated rings. The summed E-state index contributed by atoms with van der Waals surface area (Å²) < 4.78 is 24.3. The van der Waals surface area contributed by atoms with E-state index in [9.17, 15) is 8.42 Å². The number of nitrogens with zero attached hydrogens (tertiary/aromatic N) is 1. The third-order valence-electron chi connectivity index (χ3n) is 2.69. The van der Waals surface area contributed by atoms with Crippen LogP contribution in [-0.2, 0) is 10.0 Å². The van der Waals surface area contributed by atoms with E-state index in [1.807, 2.05) is 30.5 Å². The number of rotatable bonds is 2. The van der Waals surface area contributed by atoms with E-state index >= 15 is 0 Å². The van der Waals surface area contributed by atoms with Gasteiger partial charge in [0.2, 0.25) is 10.0 Å². The van der Waals surface area contributed by atoms with Crippen molar-refractivity contribution in [3.8, 4) is 5.69 Å². The smallest absolute Gasteiger partial charge is 0.238 e. The summed E-state index contributed by atoms with van der Waals surface area (Å²) in [6, 6.07) is 10.6. The molecule has 0 unspecified atom stereocenters. The topological polar surface area (TPSA) is 65.1 Å². The molecule has 0 radical (unpaired) electrons. The Kier molecular flexibility index (Phi) is 2.81. The molecule has 90 valence electrons. The second kappa shape index (κ2) is 4.01. The molecular formula is C12H14N2O2S. The molecule has 0 aliphatic rings. The Morgan fingerprint density at radius 2 is 1.41 bits per heavy atom. The van der Waals surface area contributed by atoms with Gasteiger partial charge in [-0.3, -0.25) is 0 Å². The Balaban J connectivity index is 2.50. The predicted molar refractivity (Wildman–Crippen MR) is 66.6 cm³/mol. The summed E-state index contributed by atoms with van der Waals surface area (Å²) in [6.45, 7) is 4.00. The van der Waals surface area contributed by atoms with Crippen LogP contribution in [-0.4, -0.2) is 13.0 Å². The van der Waals surface area contributed by atoms with E-state index in [0.717, 1.165) is 17.1 Å². The van der Waals surface area contributed by atoms with Gasteiger partial charge in [-0.1, -0.05) is 0 Å². The molecular weight excluding hydrogens is 236 g/mol. The van der Waals surface area contributed by atoms with E-state index in [-0.39, 0.29) is 4.90 Å². The molecule has 0 aliphatic carbocycles. The molecule has 4 nitrogen and oxygen atoms in total. The lowest BCUT2D eigenvalue weighted by molar-refractivity contribution is 0.598. The molecule has 0 spiro atoms. The van der Waals surface area contributed by atoms with Crippen molar-refractivity contribution in [3.63, 3.8) is 0 Å². The fourth-order valence-corrected chi connectivity index (χ4v) is 2.38. The molecule has 0 atom stereocenters. The first-order valence-corrected chi connectivity index (χ1v) is 6.72. The number of aryl methyl sites for hydroxylation is 2. The summed E-state index contributed by atoms with van der Waals surface area (Å²) in [6.07, 6.45) is 0. The van der Waals surface area contributed by atoms with Crippen molar-refractivity contribution >= 4 is 10.0 Å². The molecule has 0 bridgehead atoms. The Labute approximate surface area is 101 Å². The van der Waals surface area contributed by atoms with Crippen molar-refractivity contribution in [2.45, 2.75) is 18.7 Å². The maximum absolute atomic E-state index is 11.1. The standard InChI is InChI=1S/C12H14N2O2S/c1-9-3-4-10(2)14(9)11-5-7-12(8-6-11)17(13,15)16/h3-8H,1-2H3,(H2,13,15,16). The van der Waals surface area contributed by atoms with Crippen LogP contribution in [0.2, 0.25) is 0 Å². The first-order valence-electron chi connectivity index (χ1n) is 5.18. The zero-order chi connectivity index (χ0) is 12.6. The quantitative estimate of drug-likeness (QED) is 0.882. The van der Waals surface area contributed by atoms with Crippen molar-refractivity contribution in [3.05, 3.63) is 47.8 Å². The molecule has 0 saturated heterocycles. The molecule has 0 saturated carbocycles. The highest BCUT2D eigenvalue weighted by Gasteiger charge is 2.08. The van der Waals surface area contributed by atoms with Crippen LogP contribution in [0.4, 0.5) is 0 Å². The zero-order valence-electron chi connectivity index (χ0n) is 9.71. The Morgan fingerprint density at radius 1 is 0.941 bits per heavy atom. The number of hydrogen-bond acceptors (Lipinski definition) is 2. The van der Waals surface area contributed by atoms with Gasteiger partial charge >= 0.3 is 0 Å². The number of hydrogen-bond donors (Lipinski definition) is 1. The van der Waals surface area contributed by atoms with Gasteiger partial charge in [0.25, 0.3) is 0 Å². The van der Waals surface area contributed by atoms with Crippen LogP contribution in [0.25, 0.3) is 5.69 Å². The fraction of sp³-hybridized carbons (Fsp3) is 0.167. The van der Waals surface area contributed by atoms with Gasteiger partial charge in [-0.2, -0.15) is 0 Å². The summed E-state index contributed by atoms with van der Waals surface area (Å²) in [5.74, 6) is 0. The van der Waals surface area contributed by atoms with Gasteiger partial charge in [-0.15, -0.1) is 0 Å². The monoisotopic (exact) mass is 250 g/mol. The Hall–Kier alpha value is -1.59. The van der Waals surface area contributed by atoms with Gasteiger partial charge in [0, 0.05) is 17.1 Å². The third kappa shape index (κ3) is 2.25. The average Bonchev–Trinajstić information content (AvgIpc) is 2.58. The Morgan fingerprint density at radius 3 is 1.82 bits per heavy atom. The van der Waals surface area contributed by atoms with Gasteiger partial charge in [0.15, 0.2) is 0 Å². The highest BCUT2D eigenvalue weighted by atomic mass is 32.2. The molecule has 1 aromatic heterocycles. The minimum atomic E-state index is -3.62. The molecule has 5 heteroatoms. The molecule has 2 N–H and O–H groups in total. The van der Waals surface area contributed by atoms with Crippen LogP contribution in [0.3, 0.4) is 0 Å². The zero-order valence-corrected chi connectivity index (χ0v) is 10.5. The lowest BCUT2D eigenvalue weighted by atomic mass is 10.3. The van der Waals surface area contributed by atoms with Gasteiger partial charge in [-0.25, -0.2) is 13.6 Å². The molecule has 0 aliphatic heterocycles. The normalized spacial score (nSPS) is 11.7. The van der Waals surface area contributed by atoms with Gasteiger partial charge in [0.1, 0.15) is 0 Å². The SMILES string of the molecule is Cc1ccc(C)n1-c1ccc(S(N)(=O)=O)cc1. The molecule has 0 amide bonds. The van der Waals surface area contributed by atoms with E-state index in [1.165, 1.54) is 12.1 Å². The van der Waals surface area contributed by atoms with Crippen molar-refractivity contribution in [2.75, 3.05) is 0 Å². The largest absolute Gasteiger partial charge is 0.319 e. The summed E-state index contributed by atoms with van der Waals surface area (Å²) >= 11 is 0. The maximum Gasteiger partial charge on any atom is 0.238 e. The molecule has 2 rings (SSSR count).